The second-order valence-electron chi connectivity index (χ2n) is 2.66. The molecule has 3 heteroatoms. The van der Waals surface area contributed by atoms with Gasteiger partial charge in [0.05, 0.1) is 13.2 Å². The molecule has 0 aliphatic carbocycles. The smallest absolute Gasteiger partial charge is 0.161 e. The molecule has 1 aromatic rings. The monoisotopic (exact) mass is 181 g/mol. The zero-order valence-corrected chi connectivity index (χ0v) is 7.39. The van der Waals surface area contributed by atoms with Crippen molar-refractivity contribution < 1.29 is 9.47 Å². The quantitative estimate of drug-likeness (QED) is 0.568. The molecule has 12 heavy (non-hydrogen) atoms. The fourth-order valence-corrected chi connectivity index (χ4v) is 1.32. The van der Waals surface area contributed by atoms with Crippen LogP contribution < -0.4 is 9.47 Å². The molecule has 0 radical (unpaired) electrons. The van der Waals surface area contributed by atoms with Gasteiger partial charge in [0.15, 0.2) is 11.5 Å². The van der Waals surface area contributed by atoms with Crippen molar-refractivity contribution >= 4 is 12.6 Å². The van der Waals surface area contributed by atoms with Crippen molar-refractivity contribution in [1.82, 2.24) is 0 Å². The van der Waals surface area contributed by atoms with E-state index >= 15 is 0 Å². The molecule has 2 rings (SSSR count). The minimum atomic E-state index is 0.714. The van der Waals surface area contributed by atoms with E-state index in [1.165, 1.54) is 0 Å². The molecular weight excluding hydrogens is 172 g/mol. The van der Waals surface area contributed by atoms with Crippen LogP contribution in [-0.4, -0.2) is 13.2 Å². The van der Waals surface area contributed by atoms with Gasteiger partial charge in [-0.25, -0.2) is 0 Å². The van der Waals surface area contributed by atoms with Crippen molar-refractivity contribution in [1.29, 1.82) is 0 Å². The first-order valence-corrected chi connectivity index (χ1v) is 4.34. The molecule has 0 N–H and O–H groups in total. The van der Waals surface area contributed by atoms with E-state index in [2.05, 4.69) is 0 Å². The summed E-state index contributed by atoms with van der Waals surface area (Å²) in [4.78, 5) is 0.791. The van der Waals surface area contributed by atoms with Gasteiger partial charge in [0, 0.05) is 6.42 Å². The van der Waals surface area contributed by atoms with Gasteiger partial charge in [0.1, 0.15) is 0 Å². The second-order valence-corrected chi connectivity index (χ2v) is 3.13. The Bertz CT molecular complexity index is 286. The summed E-state index contributed by atoms with van der Waals surface area (Å²) in [6.07, 6.45) is 0.932. The van der Waals surface area contributed by atoms with E-state index in [-0.39, 0.29) is 0 Å². The standard InChI is InChI=1S/C9H10O2S/c12-7-2-3-8-9(6-7)11-5-1-4-10-8/h2-3,6,12H,1,4-5H2/p-1. The highest BCUT2D eigenvalue weighted by molar-refractivity contribution is 7.58. The third-order valence-electron chi connectivity index (χ3n) is 1.72. The van der Waals surface area contributed by atoms with Gasteiger partial charge >= 0.3 is 0 Å². The fraction of sp³-hybridized carbons (Fsp3) is 0.333. The molecule has 1 aliphatic heterocycles. The molecule has 0 spiro atoms. The Kier molecular flexibility index (Phi) is 2.04. The van der Waals surface area contributed by atoms with E-state index in [9.17, 15) is 0 Å². The molecule has 64 valence electrons. The summed E-state index contributed by atoms with van der Waals surface area (Å²) in [6, 6.07) is 5.54. The van der Waals surface area contributed by atoms with Gasteiger partial charge in [-0.15, -0.1) is 0 Å². The number of hydrogen-bond donors (Lipinski definition) is 0. The van der Waals surface area contributed by atoms with Gasteiger partial charge in [0.25, 0.3) is 0 Å². The van der Waals surface area contributed by atoms with Crippen LogP contribution in [0.15, 0.2) is 23.1 Å². The number of rotatable bonds is 0. The van der Waals surface area contributed by atoms with E-state index in [1.54, 1.807) is 0 Å². The van der Waals surface area contributed by atoms with Crippen LogP contribution in [-0.2, 0) is 12.6 Å². The Hall–Kier alpha value is -0.960. The highest BCUT2D eigenvalue weighted by atomic mass is 32.1. The van der Waals surface area contributed by atoms with E-state index in [0.717, 1.165) is 29.4 Å². The number of hydrogen-bond acceptors (Lipinski definition) is 3. The first-order chi connectivity index (χ1) is 5.86. The largest absolute Gasteiger partial charge is 0.780 e. The van der Waals surface area contributed by atoms with Crippen molar-refractivity contribution in [2.24, 2.45) is 0 Å². The SMILES string of the molecule is [S-]c1ccc2c(c1)OCCCO2. The minimum Gasteiger partial charge on any atom is -0.780 e. The van der Waals surface area contributed by atoms with Crippen LogP contribution in [0.25, 0.3) is 0 Å². The molecule has 2 nitrogen and oxygen atoms in total. The molecule has 0 saturated heterocycles. The van der Waals surface area contributed by atoms with E-state index in [0.29, 0.717) is 6.61 Å². The van der Waals surface area contributed by atoms with E-state index in [1.807, 2.05) is 18.2 Å². The summed E-state index contributed by atoms with van der Waals surface area (Å²) in [6.45, 7) is 1.44. The maximum absolute atomic E-state index is 5.44. The zero-order chi connectivity index (χ0) is 8.39. The van der Waals surface area contributed by atoms with Crippen molar-refractivity contribution in [3.8, 4) is 11.5 Å². The molecule has 0 bridgehead atoms. The summed E-state index contributed by atoms with van der Waals surface area (Å²) in [7, 11) is 0. The summed E-state index contributed by atoms with van der Waals surface area (Å²) in [5.41, 5.74) is 0. The van der Waals surface area contributed by atoms with Crippen molar-refractivity contribution in [2.45, 2.75) is 11.3 Å². The van der Waals surface area contributed by atoms with Crippen molar-refractivity contribution in [3.05, 3.63) is 18.2 Å². The third-order valence-corrected chi connectivity index (χ3v) is 1.97. The Morgan fingerprint density at radius 1 is 1.08 bits per heavy atom. The maximum atomic E-state index is 5.44. The van der Waals surface area contributed by atoms with Crippen LogP contribution in [0.4, 0.5) is 0 Å². The van der Waals surface area contributed by atoms with Crippen LogP contribution in [0, 0.1) is 0 Å². The van der Waals surface area contributed by atoms with Crippen LogP contribution in [0.5, 0.6) is 11.5 Å². The van der Waals surface area contributed by atoms with Gasteiger partial charge in [-0.05, 0) is 12.1 Å². The Labute approximate surface area is 76.9 Å². The highest BCUT2D eigenvalue weighted by Crippen LogP contribution is 2.29. The Morgan fingerprint density at radius 3 is 2.67 bits per heavy atom. The Balaban J connectivity index is 2.36. The van der Waals surface area contributed by atoms with Gasteiger partial charge in [-0.2, -0.15) is 4.90 Å². The van der Waals surface area contributed by atoms with E-state index < -0.39 is 0 Å². The summed E-state index contributed by atoms with van der Waals surface area (Å²) >= 11 is 5.01. The molecular formula is C9H9O2S-. The fourth-order valence-electron chi connectivity index (χ4n) is 1.14. The van der Waals surface area contributed by atoms with Gasteiger partial charge in [-0.1, -0.05) is 6.07 Å². The van der Waals surface area contributed by atoms with E-state index in [4.69, 9.17) is 22.1 Å². The van der Waals surface area contributed by atoms with Gasteiger partial charge in [0.2, 0.25) is 0 Å². The molecule has 1 aromatic carbocycles. The third kappa shape index (κ3) is 1.46. The highest BCUT2D eigenvalue weighted by Gasteiger charge is 2.07. The molecule has 0 atom stereocenters. The van der Waals surface area contributed by atoms with Crippen LogP contribution in [0.3, 0.4) is 0 Å². The normalized spacial score (nSPS) is 15.3. The second kappa shape index (κ2) is 3.19. The van der Waals surface area contributed by atoms with Crippen molar-refractivity contribution in [3.63, 3.8) is 0 Å². The molecule has 0 unspecified atom stereocenters. The number of fused-ring (bicyclic) bond motifs is 1. The first kappa shape index (κ1) is 7.68. The number of benzene rings is 1. The summed E-state index contributed by atoms with van der Waals surface area (Å²) < 4.78 is 10.9. The van der Waals surface area contributed by atoms with Gasteiger partial charge < -0.3 is 22.1 Å². The lowest BCUT2D eigenvalue weighted by Gasteiger charge is -2.11. The predicted octanol–water partition coefficient (Wildman–Crippen LogP) is 1.75. The molecule has 0 fully saturated rings. The molecule has 1 heterocycles. The lowest BCUT2D eigenvalue weighted by Crippen LogP contribution is -1.97. The predicted molar refractivity (Wildman–Crippen MR) is 47.7 cm³/mol. The average Bonchev–Trinajstić information content (AvgIpc) is 2.28. The minimum absolute atomic E-state index is 0.714. The summed E-state index contributed by atoms with van der Waals surface area (Å²) in [5, 5.41) is 0. The van der Waals surface area contributed by atoms with Crippen molar-refractivity contribution in [2.75, 3.05) is 13.2 Å². The maximum Gasteiger partial charge on any atom is 0.161 e. The number of ether oxygens (including phenoxy) is 2. The van der Waals surface area contributed by atoms with Crippen LogP contribution in [0.1, 0.15) is 6.42 Å². The van der Waals surface area contributed by atoms with Crippen LogP contribution in [0.2, 0.25) is 0 Å². The molecule has 0 amide bonds. The lowest BCUT2D eigenvalue weighted by atomic mass is 10.3. The van der Waals surface area contributed by atoms with Crippen LogP contribution >= 0.6 is 0 Å². The zero-order valence-electron chi connectivity index (χ0n) is 6.58. The Morgan fingerprint density at radius 2 is 1.83 bits per heavy atom. The molecule has 0 saturated carbocycles. The summed E-state index contributed by atoms with van der Waals surface area (Å²) in [5.74, 6) is 1.58. The topological polar surface area (TPSA) is 18.5 Å². The lowest BCUT2D eigenvalue weighted by molar-refractivity contribution is 0.297. The first-order valence-electron chi connectivity index (χ1n) is 3.93. The molecule has 1 aliphatic rings. The van der Waals surface area contributed by atoms with Gasteiger partial charge in [-0.3, -0.25) is 0 Å². The average molecular weight is 181 g/mol. The molecule has 0 aromatic heterocycles.